The number of para-hydroxylation sites is 1. The van der Waals surface area contributed by atoms with Crippen LogP contribution < -0.4 is 20.2 Å². The number of halogens is 1. The van der Waals surface area contributed by atoms with Gasteiger partial charge in [0.05, 0.1) is 42.3 Å². The molecule has 12 heteroatoms. The lowest BCUT2D eigenvalue weighted by Crippen LogP contribution is -2.25. The summed E-state index contributed by atoms with van der Waals surface area (Å²) >= 11 is 0. The number of carbonyl (C=O) groups is 1. The predicted octanol–water partition coefficient (Wildman–Crippen LogP) is 5.03. The smallest absolute Gasteiger partial charge is 0.342 e. The average molecular weight is 516 g/mol. The number of ether oxygens (including phenoxy) is 2. The van der Waals surface area contributed by atoms with E-state index in [4.69, 9.17) is 9.47 Å². The molecule has 0 spiro atoms. The van der Waals surface area contributed by atoms with Crippen molar-refractivity contribution in [3.63, 3.8) is 0 Å². The van der Waals surface area contributed by atoms with Crippen molar-refractivity contribution in [2.75, 3.05) is 19.5 Å². The van der Waals surface area contributed by atoms with Crippen LogP contribution in [0.1, 0.15) is 5.56 Å². The summed E-state index contributed by atoms with van der Waals surface area (Å²) in [5.41, 5.74) is 4.29. The number of hydrazone groups is 1. The first-order valence-corrected chi connectivity index (χ1v) is 11.1. The highest BCUT2D eigenvalue weighted by molar-refractivity contribution is 5.90. The van der Waals surface area contributed by atoms with E-state index in [1.807, 2.05) is 0 Å². The van der Waals surface area contributed by atoms with Gasteiger partial charge in [-0.2, -0.15) is 5.10 Å². The molecule has 1 aromatic heterocycles. The van der Waals surface area contributed by atoms with Gasteiger partial charge in [0.25, 0.3) is 5.69 Å². The number of nitro benzene ring substituents is 1. The van der Waals surface area contributed by atoms with Gasteiger partial charge in [-0.25, -0.2) is 24.6 Å². The van der Waals surface area contributed by atoms with Gasteiger partial charge < -0.3 is 9.47 Å². The van der Waals surface area contributed by atoms with Crippen LogP contribution in [0.4, 0.5) is 20.8 Å². The number of benzene rings is 3. The number of urea groups is 1. The number of nitrogens with one attached hydrogen (secondary N) is 2. The maximum atomic E-state index is 13.5. The highest BCUT2D eigenvalue weighted by atomic mass is 19.1. The van der Waals surface area contributed by atoms with Crippen LogP contribution in [-0.4, -0.2) is 41.4 Å². The minimum Gasteiger partial charge on any atom is -0.497 e. The van der Waals surface area contributed by atoms with E-state index < -0.39 is 16.8 Å². The molecule has 4 rings (SSSR count). The molecule has 1 heterocycles. The topological polar surface area (TPSA) is 141 Å². The third-order valence-corrected chi connectivity index (χ3v) is 5.28. The molecule has 192 valence electrons. The summed E-state index contributed by atoms with van der Waals surface area (Å²) < 4.78 is 24.2. The van der Waals surface area contributed by atoms with Gasteiger partial charge in [-0.1, -0.05) is 12.1 Å². The van der Waals surface area contributed by atoms with Crippen molar-refractivity contribution < 1.29 is 23.6 Å². The number of nitro groups is 1. The monoisotopic (exact) mass is 516 g/mol. The zero-order valence-corrected chi connectivity index (χ0v) is 20.2. The fraction of sp³-hybridized carbons (Fsp3) is 0.0769. The number of amides is 2. The van der Waals surface area contributed by atoms with Gasteiger partial charge in [0, 0.05) is 23.3 Å². The molecule has 0 aliphatic carbocycles. The Labute approximate surface area is 216 Å². The normalized spacial score (nSPS) is 10.7. The molecule has 2 N–H and O–H groups in total. The van der Waals surface area contributed by atoms with Gasteiger partial charge in [-0.3, -0.25) is 15.4 Å². The number of rotatable bonds is 8. The van der Waals surface area contributed by atoms with Crippen molar-refractivity contribution >= 4 is 23.9 Å². The molecule has 0 aliphatic heterocycles. The van der Waals surface area contributed by atoms with E-state index in [0.29, 0.717) is 34.0 Å². The van der Waals surface area contributed by atoms with Crippen molar-refractivity contribution in [1.82, 2.24) is 15.4 Å². The molecule has 0 atom stereocenters. The van der Waals surface area contributed by atoms with Crippen LogP contribution >= 0.6 is 0 Å². The minimum absolute atomic E-state index is 0.0712. The average Bonchev–Trinajstić information content (AvgIpc) is 2.93. The van der Waals surface area contributed by atoms with Gasteiger partial charge in [-0.05, 0) is 48.5 Å². The SMILES string of the molecule is COc1ccc(-c2cc(-c3ccc(F)cc3)nc(NC(=O)N/N=C\c3ccccc3[N+](=O)[O-])n2)c(OC)c1. The molecule has 0 aliphatic rings. The second-order valence-electron chi connectivity index (χ2n) is 7.68. The first-order valence-electron chi connectivity index (χ1n) is 11.1. The van der Waals surface area contributed by atoms with Gasteiger partial charge in [0.15, 0.2) is 0 Å². The largest absolute Gasteiger partial charge is 0.497 e. The van der Waals surface area contributed by atoms with E-state index in [1.54, 1.807) is 42.5 Å². The Morgan fingerprint density at radius 1 is 1.00 bits per heavy atom. The molecule has 0 saturated heterocycles. The first kappa shape index (κ1) is 25.7. The van der Waals surface area contributed by atoms with Crippen LogP contribution in [0.3, 0.4) is 0 Å². The number of methoxy groups -OCH3 is 2. The van der Waals surface area contributed by atoms with Crippen molar-refractivity contribution in [3.8, 4) is 34.0 Å². The number of carbonyl (C=O) groups excluding carboxylic acids is 1. The number of anilines is 1. The van der Waals surface area contributed by atoms with Crippen LogP contribution in [-0.2, 0) is 0 Å². The lowest BCUT2D eigenvalue weighted by molar-refractivity contribution is -0.385. The molecule has 11 nitrogen and oxygen atoms in total. The van der Waals surface area contributed by atoms with E-state index in [0.717, 1.165) is 6.21 Å². The summed E-state index contributed by atoms with van der Waals surface area (Å²) in [4.78, 5) is 31.9. The third kappa shape index (κ3) is 6.05. The van der Waals surface area contributed by atoms with Crippen LogP contribution in [0, 0.1) is 15.9 Å². The Bertz CT molecular complexity index is 1510. The van der Waals surface area contributed by atoms with Gasteiger partial charge >= 0.3 is 6.03 Å². The van der Waals surface area contributed by atoms with E-state index in [2.05, 4.69) is 25.8 Å². The molecule has 3 aromatic carbocycles. The summed E-state index contributed by atoms with van der Waals surface area (Å²) in [5, 5.41) is 17.4. The van der Waals surface area contributed by atoms with E-state index in [1.165, 1.54) is 44.6 Å². The molecular formula is C26H21FN6O5. The lowest BCUT2D eigenvalue weighted by atomic mass is 10.1. The Morgan fingerprint density at radius 3 is 2.45 bits per heavy atom. The Kier molecular flexibility index (Phi) is 7.82. The van der Waals surface area contributed by atoms with Gasteiger partial charge in [-0.15, -0.1) is 0 Å². The molecule has 2 amide bonds. The molecule has 0 bridgehead atoms. The van der Waals surface area contributed by atoms with Crippen LogP contribution in [0.2, 0.25) is 0 Å². The Morgan fingerprint density at radius 2 is 1.74 bits per heavy atom. The highest BCUT2D eigenvalue weighted by Crippen LogP contribution is 2.34. The molecule has 0 unspecified atom stereocenters. The second kappa shape index (κ2) is 11.6. The lowest BCUT2D eigenvalue weighted by Gasteiger charge is -2.13. The predicted molar refractivity (Wildman–Crippen MR) is 139 cm³/mol. The first-order chi connectivity index (χ1) is 18.4. The van der Waals surface area contributed by atoms with E-state index in [-0.39, 0.29) is 17.2 Å². The van der Waals surface area contributed by atoms with E-state index >= 15 is 0 Å². The standard InChI is InChI=1S/C26H21FN6O5/c1-37-19-11-12-20(24(13-19)38-2)22-14-21(16-7-9-18(27)10-8-16)29-25(30-22)31-26(34)32-28-15-17-5-3-4-6-23(17)33(35)36/h3-15H,1-2H3,(H2,29,30,31,32,34)/b28-15-. The van der Waals surface area contributed by atoms with Crippen molar-refractivity contribution in [2.24, 2.45) is 5.10 Å². The van der Waals surface area contributed by atoms with Gasteiger partial charge in [0.1, 0.15) is 17.3 Å². The fourth-order valence-corrected chi connectivity index (χ4v) is 3.47. The van der Waals surface area contributed by atoms with Crippen LogP contribution in [0.15, 0.2) is 77.9 Å². The van der Waals surface area contributed by atoms with Crippen molar-refractivity contribution in [1.29, 1.82) is 0 Å². The quantitative estimate of drug-likeness (QED) is 0.190. The van der Waals surface area contributed by atoms with Crippen LogP contribution in [0.5, 0.6) is 11.5 Å². The number of aromatic nitrogens is 2. The van der Waals surface area contributed by atoms with Crippen LogP contribution in [0.25, 0.3) is 22.5 Å². The zero-order chi connectivity index (χ0) is 27.1. The summed E-state index contributed by atoms with van der Waals surface area (Å²) in [6, 6.07) is 17.7. The molecule has 0 fully saturated rings. The summed E-state index contributed by atoms with van der Waals surface area (Å²) in [6.45, 7) is 0. The second-order valence-corrected chi connectivity index (χ2v) is 7.68. The maximum Gasteiger partial charge on any atom is 0.342 e. The highest BCUT2D eigenvalue weighted by Gasteiger charge is 2.15. The third-order valence-electron chi connectivity index (χ3n) is 5.28. The number of hydrogen-bond acceptors (Lipinski definition) is 8. The van der Waals surface area contributed by atoms with Crippen molar-refractivity contribution in [3.05, 3.63) is 94.3 Å². The summed E-state index contributed by atoms with van der Waals surface area (Å²) in [7, 11) is 3.03. The number of hydrogen-bond donors (Lipinski definition) is 2. The van der Waals surface area contributed by atoms with E-state index in [9.17, 15) is 19.3 Å². The summed E-state index contributed by atoms with van der Waals surface area (Å²) in [6.07, 6.45) is 1.15. The maximum absolute atomic E-state index is 13.5. The molecule has 0 radical (unpaired) electrons. The zero-order valence-electron chi connectivity index (χ0n) is 20.2. The van der Waals surface area contributed by atoms with Gasteiger partial charge in [0.2, 0.25) is 5.95 Å². The van der Waals surface area contributed by atoms with Crippen molar-refractivity contribution in [2.45, 2.75) is 0 Å². The fourth-order valence-electron chi connectivity index (χ4n) is 3.47. The molecule has 38 heavy (non-hydrogen) atoms. The Balaban J connectivity index is 1.64. The Hall–Kier alpha value is -5.39. The minimum atomic E-state index is -0.788. The number of nitrogens with zero attached hydrogens (tertiary/aromatic N) is 4. The molecular weight excluding hydrogens is 495 g/mol. The summed E-state index contributed by atoms with van der Waals surface area (Å²) in [5.74, 6) is 0.567. The molecule has 4 aromatic rings. The molecule has 0 saturated carbocycles.